The van der Waals surface area contributed by atoms with E-state index in [4.69, 9.17) is 9.47 Å². The van der Waals surface area contributed by atoms with Crippen molar-refractivity contribution in [3.8, 4) is 0 Å². The highest BCUT2D eigenvalue weighted by Crippen LogP contribution is 2.28. The van der Waals surface area contributed by atoms with Gasteiger partial charge in [-0.15, -0.1) is 0 Å². The Labute approximate surface area is 121 Å². The maximum absolute atomic E-state index is 14.3. The summed E-state index contributed by atoms with van der Waals surface area (Å²) in [5.74, 6) is -0.410. The number of aliphatic hydroxyl groups is 1. The van der Waals surface area contributed by atoms with Crippen LogP contribution in [0.5, 0.6) is 0 Å². The van der Waals surface area contributed by atoms with E-state index in [2.05, 4.69) is 0 Å². The number of cyclic esters (lactones) is 1. The summed E-state index contributed by atoms with van der Waals surface area (Å²) in [6.45, 7) is 1.60. The Bertz CT molecular complexity index is 587. The average Bonchev–Trinajstić information content (AvgIpc) is 2.93. The van der Waals surface area contributed by atoms with Gasteiger partial charge in [0.1, 0.15) is 12.4 Å². The molecule has 0 aliphatic carbocycles. The van der Waals surface area contributed by atoms with Gasteiger partial charge in [-0.1, -0.05) is 18.2 Å². The number of ether oxygens (including phenoxy) is 2. The lowest BCUT2D eigenvalue weighted by molar-refractivity contribution is 0.0362. The summed E-state index contributed by atoms with van der Waals surface area (Å²) in [6, 6.07) is 4.53. The van der Waals surface area contributed by atoms with Crippen LogP contribution in [0.25, 0.3) is 5.57 Å². The summed E-state index contributed by atoms with van der Waals surface area (Å²) in [5, 5.41) is 10.1. The molecule has 1 saturated heterocycles. The van der Waals surface area contributed by atoms with E-state index in [0.717, 1.165) is 5.57 Å². The summed E-state index contributed by atoms with van der Waals surface area (Å²) in [6.07, 6.45) is 0.749. The van der Waals surface area contributed by atoms with Crippen molar-refractivity contribution >= 4 is 11.7 Å². The first kappa shape index (κ1) is 14.0. The zero-order chi connectivity index (χ0) is 14.8. The van der Waals surface area contributed by atoms with E-state index in [1.807, 2.05) is 6.08 Å². The zero-order valence-electron chi connectivity index (χ0n) is 11.4. The molecule has 6 heteroatoms. The molecule has 1 N–H and O–H groups in total. The molecule has 1 aromatic rings. The summed E-state index contributed by atoms with van der Waals surface area (Å²) < 4.78 is 24.2. The number of halogens is 1. The van der Waals surface area contributed by atoms with Crippen molar-refractivity contribution < 1.29 is 23.8 Å². The number of benzene rings is 1. The van der Waals surface area contributed by atoms with Gasteiger partial charge in [-0.2, -0.15) is 0 Å². The van der Waals surface area contributed by atoms with Crippen LogP contribution in [0.1, 0.15) is 23.8 Å². The van der Waals surface area contributed by atoms with Crippen LogP contribution in [-0.2, 0) is 9.47 Å². The normalized spacial score (nSPS) is 20.2. The first-order valence-electron chi connectivity index (χ1n) is 6.85. The molecular weight excluding hydrogens is 277 g/mol. The van der Waals surface area contributed by atoms with Crippen molar-refractivity contribution in [2.75, 3.05) is 26.4 Å². The highest BCUT2D eigenvalue weighted by atomic mass is 19.1. The second-order valence-corrected chi connectivity index (χ2v) is 4.97. The van der Waals surface area contributed by atoms with Gasteiger partial charge < -0.3 is 14.6 Å². The Morgan fingerprint density at radius 3 is 2.81 bits per heavy atom. The SMILES string of the molecule is O=C1OCCN1[C@H](O)c1ccc(C2=CCOCC2)c(F)c1. The molecule has 0 aromatic heterocycles. The Hall–Kier alpha value is -1.92. The van der Waals surface area contributed by atoms with Crippen molar-refractivity contribution in [2.24, 2.45) is 0 Å². The Balaban J connectivity index is 1.83. The van der Waals surface area contributed by atoms with Crippen LogP contribution in [0.4, 0.5) is 9.18 Å². The van der Waals surface area contributed by atoms with Crippen LogP contribution in [0.2, 0.25) is 0 Å². The standard InChI is InChI=1S/C15H16FNO4/c16-13-9-11(14(18)17-5-8-21-15(17)19)1-2-12(13)10-3-6-20-7-4-10/h1-3,9,14,18H,4-8H2/t14-/m1/s1. The topological polar surface area (TPSA) is 59.0 Å². The molecule has 112 valence electrons. The van der Waals surface area contributed by atoms with Gasteiger partial charge in [-0.25, -0.2) is 9.18 Å². The fourth-order valence-electron chi connectivity index (χ4n) is 2.53. The number of aliphatic hydroxyl groups excluding tert-OH is 1. The highest BCUT2D eigenvalue weighted by molar-refractivity contribution is 5.70. The fourth-order valence-corrected chi connectivity index (χ4v) is 2.53. The Morgan fingerprint density at radius 2 is 2.19 bits per heavy atom. The van der Waals surface area contributed by atoms with Crippen LogP contribution >= 0.6 is 0 Å². The Morgan fingerprint density at radius 1 is 1.33 bits per heavy atom. The first-order valence-corrected chi connectivity index (χ1v) is 6.85. The van der Waals surface area contributed by atoms with Crippen molar-refractivity contribution in [3.63, 3.8) is 0 Å². The smallest absolute Gasteiger partial charge is 0.412 e. The van der Waals surface area contributed by atoms with Crippen molar-refractivity contribution in [1.29, 1.82) is 0 Å². The van der Waals surface area contributed by atoms with E-state index in [9.17, 15) is 14.3 Å². The maximum atomic E-state index is 14.3. The molecule has 2 aliphatic rings. The minimum atomic E-state index is -1.19. The van der Waals surface area contributed by atoms with E-state index in [1.165, 1.54) is 11.0 Å². The molecule has 5 nitrogen and oxygen atoms in total. The summed E-state index contributed by atoms with van der Waals surface area (Å²) in [4.78, 5) is 12.6. The van der Waals surface area contributed by atoms with Crippen molar-refractivity contribution in [3.05, 3.63) is 41.2 Å². The highest BCUT2D eigenvalue weighted by Gasteiger charge is 2.29. The summed E-state index contributed by atoms with van der Waals surface area (Å²) in [5.41, 5.74) is 1.75. The second-order valence-electron chi connectivity index (χ2n) is 4.97. The molecule has 2 aliphatic heterocycles. The lowest BCUT2D eigenvalue weighted by atomic mass is 9.99. The number of amides is 1. The van der Waals surface area contributed by atoms with E-state index in [-0.39, 0.29) is 6.61 Å². The predicted octanol–water partition coefficient (Wildman–Crippen LogP) is 2.07. The number of carbonyl (C=O) groups excluding carboxylic acids is 1. The molecule has 1 amide bonds. The van der Waals surface area contributed by atoms with E-state index < -0.39 is 18.1 Å². The minimum Gasteiger partial charge on any atom is -0.447 e. The lowest BCUT2D eigenvalue weighted by Crippen LogP contribution is -2.29. The van der Waals surface area contributed by atoms with Gasteiger partial charge in [0.15, 0.2) is 6.23 Å². The van der Waals surface area contributed by atoms with Gasteiger partial charge >= 0.3 is 6.09 Å². The third-order valence-electron chi connectivity index (χ3n) is 3.69. The van der Waals surface area contributed by atoms with Gasteiger partial charge in [0.25, 0.3) is 0 Å². The van der Waals surface area contributed by atoms with Gasteiger partial charge in [0, 0.05) is 11.1 Å². The second kappa shape index (κ2) is 5.83. The molecule has 0 radical (unpaired) electrons. The largest absolute Gasteiger partial charge is 0.447 e. The predicted molar refractivity (Wildman–Crippen MR) is 72.8 cm³/mol. The van der Waals surface area contributed by atoms with Gasteiger partial charge in [0.05, 0.1) is 19.8 Å². The molecule has 1 fully saturated rings. The molecule has 21 heavy (non-hydrogen) atoms. The summed E-state index contributed by atoms with van der Waals surface area (Å²) in [7, 11) is 0. The van der Waals surface area contributed by atoms with Crippen molar-refractivity contribution in [2.45, 2.75) is 12.6 Å². The third kappa shape index (κ3) is 2.77. The number of hydrogen-bond donors (Lipinski definition) is 1. The van der Waals surface area contributed by atoms with E-state index >= 15 is 0 Å². The van der Waals surface area contributed by atoms with E-state index in [0.29, 0.717) is 37.3 Å². The van der Waals surface area contributed by atoms with Gasteiger partial charge in [0.2, 0.25) is 0 Å². The summed E-state index contributed by atoms with van der Waals surface area (Å²) >= 11 is 0. The first-order chi connectivity index (χ1) is 10.2. The van der Waals surface area contributed by atoms with Gasteiger partial charge in [-0.3, -0.25) is 4.90 Å². The zero-order valence-corrected chi connectivity index (χ0v) is 11.4. The number of hydrogen-bond acceptors (Lipinski definition) is 4. The van der Waals surface area contributed by atoms with Crippen LogP contribution in [0.15, 0.2) is 24.3 Å². The molecule has 0 spiro atoms. The van der Waals surface area contributed by atoms with Crippen molar-refractivity contribution in [1.82, 2.24) is 4.90 Å². The van der Waals surface area contributed by atoms with E-state index in [1.54, 1.807) is 12.1 Å². The molecule has 1 aromatic carbocycles. The number of nitrogens with zero attached hydrogens (tertiary/aromatic N) is 1. The monoisotopic (exact) mass is 293 g/mol. The van der Waals surface area contributed by atoms with Crippen LogP contribution < -0.4 is 0 Å². The fraction of sp³-hybridized carbons (Fsp3) is 0.400. The molecule has 3 rings (SSSR count). The molecular formula is C15H16FNO4. The molecule has 0 saturated carbocycles. The quantitative estimate of drug-likeness (QED) is 0.927. The minimum absolute atomic E-state index is 0.239. The van der Waals surface area contributed by atoms with Crippen LogP contribution in [0.3, 0.4) is 0 Å². The molecule has 0 unspecified atom stereocenters. The van der Waals surface area contributed by atoms with Gasteiger partial charge in [-0.05, 0) is 18.1 Å². The number of rotatable bonds is 3. The maximum Gasteiger partial charge on any atom is 0.412 e. The van der Waals surface area contributed by atoms with Crippen LogP contribution in [0, 0.1) is 5.82 Å². The molecule has 0 bridgehead atoms. The lowest BCUT2D eigenvalue weighted by Gasteiger charge is -2.21. The molecule has 1 atom stereocenters. The van der Waals surface area contributed by atoms with Crippen LogP contribution in [-0.4, -0.2) is 42.5 Å². The third-order valence-corrected chi connectivity index (χ3v) is 3.69. The average molecular weight is 293 g/mol. The Kier molecular flexibility index (Phi) is 3.90. The molecule has 2 heterocycles. The number of carbonyl (C=O) groups is 1.